The largest absolute Gasteiger partial charge is 0.497 e. The van der Waals surface area contributed by atoms with E-state index < -0.39 is 0 Å². The van der Waals surface area contributed by atoms with Gasteiger partial charge in [0.25, 0.3) is 0 Å². The first-order valence-corrected chi connectivity index (χ1v) is 10.3. The van der Waals surface area contributed by atoms with Crippen LogP contribution in [0.1, 0.15) is 18.1 Å². The zero-order valence-corrected chi connectivity index (χ0v) is 17.6. The highest BCUT2D eigenvalue weighted by Crippen LogP contribution is 2.16. The summed E-state index contributed by atoms with van der Waals surface area (Å²) in [5.74, 6) is 0.763. The minimum absolute atomic E-state index is 0.00760. The van der Waals surface area contributed by atoms with Gasteiger partial charge >= 0.3 is 0 Å². The summed E-state index contributed by atoms with van der Waals surface area (Å²) in [7, 11) is 1.63. The van der Waals surface area contributed by atoms with Crippen LogP contribution < -0.4 is 10.1 Å². The SMILES string of the molecule is CCc1ccccc1NC(=O)CN1CCN(C(=O)/C=C/c2ccc(OC)cc2)CC1. The van der Waals surface area contributed by atoms with Gasteiger partial charge in [-0.05, 0) is 41.8 Å². The topological polar surface area (TPSA) is 61.9 Å². The van der Waals surface area contributed by atoms with Crippen LogP contribution in [0, 0.1) is 0 Å². The fraction of sp³-hybridized carbons (Fsp3) is 0.333. The second kappa shape index (κ2) is 10.6. The number of rotatable bonds is 7. The number of anilines is 1. The van der Waals surface area contributed by atoms with Gasteiger partial charge in [0, 0.05) is 37.9 Å². The Bertz CT molecular complexity index is 885. The van der Waals surface area contributed by atoms with E-state index in [0.29, 0.717) is 32.7 Å². The number of carbonyl (C=O) groups is 2. The maximum absolute atomic E-state index is 12.5. The van der Waals surface area contributed by atoms with Crippen LogP contribution in [0.3, 0.4) is 0 Å². The van der Waals surface area contributed by atoms with Crippen LogP contribution in [0.4, 0.5) is 5.69 Å². The molecule has 2 aromatic rings. The lowest BCUT2D eigenvalue weighted by Crippen LogP contribution is -2.50. The van der Waals surface area contributed by atoms with Crippen molar-refractivity contribution in [3.05, 3.63) is 65.7 Å². The molecular weight excluding hydrogens is 378 g/mol. The van der Waals surface area contributed by atoms with E-state index in [1.54, 1.807) is 13.2 Å². The Kier molecular flexibility index (Phi) is 7.63. The summed E-state index contributed by atoms with van der Waals surface area (Å²) in [6, 6.07) is 15.4. The molecule has 0 aliphatic carbocycles. The van der Waals surface area contributed by atoms with Crippen molar-refractivity contribution in [1.82, 2.24) is 9.80 Å². The Labute approximate surface area is 178 Å². The van der Waals surface area contributed by atoms with Crippen molar-refractivity contribution in [1.29, 1.82) is 0 Å². The zero-order valence-electron chi connectivity index (χ0n) is 17.6. The van der Waals surface area contributed by atoms with Crippen LogP contribution in [0.2, 0.25) is 0 Å². The molecule has 0 atom stereocenters. The fourth-order valence-electron chi connectivity index (χ4n) is 3.46. The number of piperazine rings is 1. The van der Waals surface area contributed by atoms with Gasteiger partial charge in [0.15, 0.2) is 0 Å². The van der Waals surface area contributed by atoms with Gasteiger partial charge < -0.3 is 15.0 Å². The highest BCUT2D eigenvalue weighted by molar-refractivity contribution is 5.93. The average Bonchev–Trinajstić information content (AvgIpc) is 2.78. The van der Waals surface area contributed by atoms with E-state index in [-0.39, 0.29) is 11.8 Å². The third-order valence-electron chi connectivity index (χ3n) is 5.26. The van der Waals surface area contributed by atoms with E-state index in [1.165, 1.54) is 0 Å². The molecule has 1 N–H and O–H groups in total. The monoisotopic (exact) mass is 407 g/mol. The number of ether oxygens (including phenoxy) is 1. The van der Waals surface area contributed by atoms with Crippen LogP contribution >= 0.6 is 0 Å². The molecule has 1 saturated heterocycles. The molecule has 6 nitrogen and oxygen atoms in total. The maximum atomic E-state index is 12.5. The first kappa shape index (κ1) is 21.6. The first-order chi connectivity index (χ1) is 14.6. The molecule has 2 aromatic carbocycles. The van der Waals surface area contributed by atoms with Crippen molar-refractivity contribution >= 4 is 23.6 Å². The smallest absolute Gasteiger partial charge is 0.246 e. The Morgan fingerprint density at radius 3 is 2.40 bits per heavy atom. The minimum atomic E-state index is -0.0184. The summed E-state index contributed by atoms with van der Waals surface area (Å²) < 4.78 is 5.14. The number of methoxy groups -OCH3 is 1. The predicted molar refractivity (Wildman–Crippen MR) is 119 cm³/mol. The van der Waals surface area contributed by atoms with Gasteiger partial charge in [-0.15, -0.1) is 0 Å². The molecule has 6 heteroatoms. The second-order valence-corrected chi connectivity index (χ2v) is 7.27. The molecule has 1 fully saturated rings. The molecule has 30 heavy (non-hydrogen) atoms. The summed E-state index contributed by atoms with van der Waals surface area (Å²) in [5, 5.41) is 3.01. The highest BCUT2D eigenvalue weighted by Gasteiger charge is 2.21. The molecule has 1 aliphatic rings. The van der Waals surface area contributed by atoms with E-state index in [0.717, 1.165) is 29.0 Å². The number of carbonyl (C=O) groups excluding carboxylic acids is 2. The second-order valence-electron chi connectivity index (χ2n) is 7.27. The van der Waals surface area contributed by atoms with E-state index in [4.69, 9.17) is 4.74 Å². The number of amides is 2. The number of hydrogen-bond acceptors (Lipinski definition) is 4. The molecule has 2 amide bonds. The molecule has 0 saturated carbocycles. The molecule has 158 valence electrons. The number of nitrogens with zero attached hydrogens (tertiary/aromatic N) is 2. The fourth-order valence-corrected chi connectivity index (χ4v) is 3.46. The molecule has 0 radical (unpaired) electrons. The van der Waals surface area contributed by atoms with Crippen molar-refractivity contribution in [3.63, 3.8) is 0 Å². The van der Waals surface area contributed by atoms with Gasteiger partial charge in [-0.3, -0.25) is 14.5 Å². The van der Waals surface area contributed by atoms with Crippen LogP contribution in [-0.4, -0.2) is 61.4 Å². The van der Waals surface area contributed by atoms with Crippen molar-refractivity contribution in [2.75, 3.05) is 45.2 Å². The molecular formula is C24H29N3O3. The summed E-state index contributed by atoms with van der Waals surface area (Å²) in [5.41, 5.74) is 2.96. The van der Waals surface area contributed by atoms with Crippen molar-refractivity contribution < 1.29 is 14.3 Å². The van der Waals surface area contributed by atoms with Gasteiger partial charge in [0.1, 0.15) is 5.75 Å². The van der Waals surface area contributed by atoms with E-state index in [1.807, 2.05) is 59.5 Å². The van der Waals surface area contributed by atoms with Gasteiger partial charge in [0.05, 0.1) is 13.7 Å². The Balaban J connectivity index is 1.45. The quantitative estimate of drug-likeness (QED) is 0.717. The lowest BCUT2D eigenvalue weighted by atomic mass is 10.1. The predicted octanol–water partition coefficient (Wildman–Crippen LogP) is 3.05. The number of para-hydroxylation sites is 1. The number of aryl methyl sites for hydroxylation is 1. The Morgan fingerprint density at radius 1 is 1.03 bits per heavy atom. The van der Waals surface area contributed by atoms with Crippen LogP contribution in [-0.2, 0) is 16.0 Å². The average molecular weight is 408 g/mol. The van der Waals surface area contributed by atoms with Crippen molar-refractivity contribution in [2.45, 2.75) is 13.3 Å². The molecule has 3 rings (SSSR count). The van der Waals surface area contributed by atoms with E-state index >= 15 is 0 Å². The molecule has 0 aromatic heterocycles. The summed E-state index contributed by atoms with van der Waals surface area (Å²) in [6.07, 6.45) is 4.29. The van der Waals surface area contributed by atoms with Gasteiger partial charge in [-0.2, -0.15) is 0 Å². The van der Waals surface area contributed by atoms with Gasteiger partial charge in [0.2, 0.25) is 11.8 Å². The number of benzene rings is 2. The molecule has 1 heterocycles. The molecule has 0 unspecified atom stereocenters. The van der Waals surface area contributed by atoms with Crippen molar-refractivity contribution in [3.8, 4) is 5.75 Å². The molecule has 0 bridgehead atoms. The number of nitrogens with one attached hydrogen (secondary N) is 1. The van der Waals surface area contributed by atoms with Gasteiger partial charge in [-0.25, -0.2) is 0 Å². The van der Waals surface area contributed by atoms with Crippen molar-refractivity contribution in [2.24, 2.45) is 0 Å². The maximum Gasteiger partial charge on any atom is 0.246 e. The van der Waals surface area contributed by atoms with E-state index in [2.05, 4.69) is 17.1 Å². The number of hydrogen-bond donors (Lipinski definition) is 1. The first-order valence-electron chi connectivity index (χ1n) is 10.3. The third-order valence-corrected chi connectivity index (χ3v) is 5.26. The Hall–Kier alpha value is -3.12. The molecule has 1 aliphatic heterocycles. The lowest BCUT2D eigenvalue weighted by molar-refractivity contribution is -0.127. The summed E-state index contributed by atoms with van der Waals surface area (Å²) in [4.78, 5) is 28.8. The van der Waals surface area contributed by atoms with Crippen LogP contribution in [0.15, 0.2) is 54.6 Å². The van der Waals surface area contributed by atoms with Gasteiger partial charge in [-0.1, -0.05) is 37.3 Å². The van der Waals surface area contributed by atoms with Crippen LogP contribution in [0.25, 0.3) is 6.08 Å². The summed E-state index contributed by atoms with van der Waals surface area (Å²) >= 11 is 0. The van der Waals surface area contributed by atoms with Crippen LogP contribution in [0.5, 0.6) is 5.75 Å². The summed E-state index contributed by atoms with van der Waals surface area (Å²) in [6.45, 7) is 5.01. The Morgan fingerprint density at radius 2 is 1.73 bits per heavy atom. The normalized spacial score (nSPS) is 14.7. The highest BCUT2D eigenvalue weighted by atomic mass is 16.5. The minimum Gasteiger partial charge on any atom is -0.497 e. The molecule has 0 spiro atoms. The third kappa shape index (κ3) is 5.94. The standard InChI is InChI=1S/C24H29N3O3/c1-3-20-6-4-5-7-22(20)25-23(28)18-26-14-16-27(17-15-26)24(29)13-10-19-8-11-21(30-2)12-9-19/h4-13H,3,14-18H2,1-2H3,(H,25,28)/b13-10+. The zero-order chi connectivity index (χ0) is 21.3. The van der Waals surface area contributed by atoms with E-state index in [9.17, 15) is 9.59 Å². The lowest BCUT2D eigenvalue weighted by Gasteiger charge is -2.33.